The second-order valence-electron chi connectivity index (χ2n) is 13.0. The van der Waals surface area contributed by atoms with Crippen LogP contribution in [-0.2, 0) is 56.0 Å². The predicted molar refractivity (Wildman–Crippen MR) is 188 cm³/mol. The van der Waals surface area contributed by atoms with Crippen molar-refractivity contribution in [3.63, 3.8) is 0 Å². The topological polar surface area (TPSA) is 299 Å². The summed E-state index contributed by atoms with van der Waals surface area (Å²) in [6, 6.07) is 6.05. The fourth-order valence-electron chi connectivity index (χ4n) is 6.07. The third-order valence-electron chi connectivity index (χ3n) is 8.56. The van der Waals surface area contributed by atoms with Crippen LogP contribution in [0.5, 0.6) is 0 Å². The average Bonchev–Trinajstić information content (AvgIpc) is 3.25. The van der Waals surface area contributed by atoms with Crippen molar-refractivity contribution < 1.29 is 68.6 Å². The van der Waals surface area contributed by atoms with Crippen LogP contribution in [0.4, 0.5) is 0 Å². The first-order valence-electron chi connectivity index (χ1n) is 17.4. The average molecular weight is 769 g/mol. The largest absolute Gasteiger partial charge is 0.480 e. The van der Waals surface area contributed by atoms with Crippen molar-refractivity contribution in [3.05, 3.63) is 35.4 Å². The van der Waals surface area contributed by atoms with Crippen LogP contribution < -0.4 is 16.4 Å². The highest BCUT2D eigenvalue weighted by Gasteiger charge is 2.43. The summed E-state index contributed by atoms with van der Waals surface area (Å²) in [4.78, 5) is 86.5. The van der Waals surface area contributed by atoms with Crippen LogP contribution in [0.2, 0.25) is 0 Å². The molecule has 0 aromatic heterocycles. The maximum Gasteiger partial charge on any atom is 0.320 e. The number of nitrogens with zero attached hydrogens (tertiary/aromatic N) is 3. The van der Waals surface area contributed by atoms with Crippen molar-refractivity contribution in [2.75, 3.05) is 85.3 Å². The Morgan fingerprint density at radius 3 is 1.83 bits per heavy atom. The van der Waals surface area contributed by atoms with Crippen LogP contribution in [0.3, 0.4) is 0 Å². The first-order chi connectivity index (χ1) is 25.6. The van der Waals surface area contributed by atoms with Gasteiger partial charge in [-0.15, -0.1) is 0 Å². The predicted octanol–water partition coefficient (Wildman–Crippen LogP) is -2.04. The summed E-state index contributed by atoms with van der Waals surface area (Å²) < 4.78 is 10.7. The Balaban J connectivity index is 1.75. The van der Waals surface area contributed by atoms with Gasteiger partial charge in [-0.3, -0.25) is 48.3 Å². The molecule has 1 aliphatic rings. The minimum absolute atomic E-state index is 0.0165. The lowest BCUT2D eigenvalue weighted by Crippen LogP contribution is -2.62. The highest BCUT2D eigenvalue weighted by molar-refractivity contribution is 5.77. The number of rotatable bonds is 27. The molecular weight excluding hydrogens is 716 g/mol. The fraction of sp³-hybridized carbons (Fsp3) is 0.618. The van der Waals surface area contributed by atoms with E-state index in [1.165, 1.54) is 4.90 Å². The van der Waals surface area contributed by atoms with Crippen LogP contribution in [0.1, 0.15) is 36.8 Å². The molecule has 0 spiro atoms. The number of aliphatic carboxylic acids is 5. The Bertz CT molecular complexity index is 1370. The molecule has 2 amide bonds. The van der Waals surface area contributed by atoms with Gasteiger partial charge in [0, 0.05) is 51.2 Å². The van der Waals surface area contributed by atoms with E-state index in [-0.39, 0.29) is 96.8 Å². The van der Waals surface area contributed by atoms with Crippen molar-refractivity contribution in [1.82, 2.24) is 25.3 Å². The van der Waals surface area contributed by atoms with Gasteiger partial charge in [0.15, 0.2) is 0 Å². The van der Waals surface area contributed by atoms with Crippen molar-refractivity contribution in [3.8, 4) is 0 Å². The minimum atomic E-state index is -1.30. The molecular formula is C34H52N6O14. The van der Waals surface area contributed by atoms with E-state index in [4.69, 9.17) is 20.3 Å². The maximum absolute atomic E-state index is 12.5. The van der Waals surface area contributed by atoms with Gasteiger partial charge < -0.3 is 51.4 Å². The lowest BCUT2D eigenvalue weighted by Gasteiger charge is -2.45. The van der Waals surface area contributed by atoms with Crippen LogP contribution in [-0.4, -0.2) is 179 Å². The molecule has 1 atom stereocenters. The van der Waals surface area contributed by atoms with Gasteiger partial charge in [0.05, 0.1) is 46.0 Å². The zero-order chi connectivity index (χ0) is 40.1. The summed E-state index contributed by atoms with van der Waals surface area (Å²) in [7, 11) is 0. The molecule has 9 N–H and O–H groups in total. The molecule has 1 aromatic carbocycles. The molecule has 0 bridgehead atoms. The summed E-state index contributed by atoms with van der Waals surface area (Å²) in [6.45, 7) is -1.08. The third-order valence-corrected chi connectivity index (χ3v) is 8.56. The summed E-state index contributed by atoms with van der Waals surface area (Å²) in [5.74, 6) is -6.59. The van der Waals surface area contributed by atoms with E-state index < -0.39 is 67.6 Å². The van der Waals surface area contributed by atoms with Crippen LogP contribution in [0, 0.1) is 0 Å². The van der Waals surface area contributed by atoms with Crippen molar-refractivity contribution in [1.29, 1.82) is 0 Å². The summed E-state index contributed by atoms with van der Waals surface area (Å²) >= 11 is 0. The molecule has 0 radical (unpaired) electrons. The van der Waals surface area contributed by atoms with Gasteiger partial charge in [-0.1, -0.05) is 30.7 Å². The van der Waals surface area contributed by atoms with E-state index >= 15 is 0 Å². The van der Waals surface area contributed by atoms with Gasteiger partial charge in [-0.2, -0.15) is 0 Å². The Labute approximate surface area is 312 Å². The normalized spacial score (nSPS) is 15.2. The number of amides is 2. The zero-order valence-electron chi connectivity index (χ0n) is 30.2. The number of carbonyl (C=O) groups excluding carboxylic acids is 2. The second kappa shape index (κ2) is 23.8. The van der Waals surface area contributed by atoms with E-state index in [2.05, 4.69) is 10.6 Å². The quantitative estimate of drug-likeness (QED) is 0.0447. The summed E-state index contributed by atoms with van der Waals surface area (Å²) in [5.41, 5.74) is 5.89. The molecule has 1 aliphatic heterocycles. The fourth-order valence-corrected chi connectivity index (χ4v) is 6.07. The van der Waals surface area contributed by atoms with Gasteiger partial charge in [0.25, 0.3) is 0 Å². The second-order valence-corrected chi connectivity index (χ2v) is 13.0. The molecule has 2 rings (SSSR count). The number of carboxylic acid groups (broad SMARTS) is 5. The number of benzene rings is 1. The number of hydrogen-bond acceptors (Lipinski definition) is 13. The first kappa shape index (κ1) is 45.4. The van der Waals surface area contributed by atoms with Gasteiger partial charge in [-0.25, -0.2) is 0 Å². The molecule has 302 valence electrons. The number of carboxylic acids is 5. The molecule has 54 heavy (non-hydrogen) atoms. The number of nitrogens with one attached hydrogen (secondary N) is 2. The minimum Gasteiger partial charge on any atom is -0.480 e. The number of unbranched alkanes of at least 4 members (excludes halogenated alkanes) is 1. The van der Waals surface area contributed by atoms with E-state index in [1.807, 2.05) is 0 Å². The lowest BCUT2D eigenvalue weighted by atomic mass is 9.88. The number of carbonyl (C=O) groups is 7. The van der Waals surface area contributed by atoms with Crippen LogP contribution >= 0.6 is 0 Å². The van der Waals surface area contributed by atoms with Crippen molar-refractivity contribution >= 4 is 41.7 Å². The van der Waals surface area contributed by atoms with Gasteiger partial charge in [0.1, 0.15) is 12.6 Å². The Hall–Kier alpha value is -4.73. The number of nitrogens with two attached hydrogens (primary N) is 1. The number of hydrogen-bond donors (Lipinski definition) is 8. The maximum atomic E-state index is 12.5. The van der Waals surface area contributed by atoms with Gasteiger partial charge >= 0.3 is 29.8 Å². The highest BCUT2D eigenvalue weighted by atomic mass is 16.5. The Morgan fingerprint density at radius 1 is 0.741 bits per heavy atom. The highest BCUT2D eigenvalue weighted by Crippen LogP contribution is 2.28. The van der Waals surface area contributed by atoms with E-state index in [0.717, 1.165) is 11.1 Å². The number of ether oxygens (including phenoxy) is 2. The molecule has 0 aliphatic carbocycles. The van der Waals surface area contributed by atoms with Gasteiger partial charge in [-0.05, 0) is 30.4 Å². The monoisotopic (exact) mass is 768 g/mol. The zero-order valence-corrected chi connectivity index (χ0v) is 30.2. The molecule has 1 aromatic rings. The van der Waals surface area contributed by atoms with Crippen molar-refractivity contribution in [2.45, 2.75) is 50.2 Å². The molecule has 1 heterocycles. The van der Waals surface area contributed by atoms with Crippen molar-refractivity contribution in [2.24, 2.45) is 5.73 Å². The van der Waals surface area contributed by atoms with Crippen LogP contribution in [0.15, 0.2) is 24.3 Å². The smallest absolute Gasteiger partial charge is 0.320 e. The Morgan fingerprint density at radius 2 is 1.30 bits per heavy atom. The standard InChI is InChI=1S/C34H52N6O14/c35-26(33(51)52)15-24-4-6-25(7-5-24)16-37-28(42)21-54-14-13-53-12-9-36-27(41)3-1-2-8-34(40(19-31(47)48)20-32(49)50)22-38(17-29(43)44)10-11-39(23-34)18-30(45)46/h4-7,26H,1-3,8-23,35H2,(H,36,41)(H,37,42)(H,43,44)(H,45,46)(H,47,48)(H,49,50)(H,51,52)/t26-/m0/s1. The molecule has 20 nitrogen and oxygen atoms in total. The molecule has 0 saturated carbocycles. The summed E-state index contributed by atoms with van der Waals surface area (Å²) in [6.07, 6.45) is 1.13. The first-order valence-corrected chi connectivity index (χ1v) is 17.4. The molecule has 20 heteroatoms. The summed E-state index contributed by atoms with van der Waals surface area (Å²) in [5, 5.41) is 52.5. The van der Waals surface area contributed by atoms with E-state index in [0.29, 0.717) is 12.8 Å². The SMILES string of the molecule is N[C@@H](Cc1ccc(CNC(=O)COCCOCCNC(=O)CCCCC2(N(CC(=O)O)CC(=O)O)CN(CC(=O)O)CCN(CC(=O)O)C2)cc1)C(=O)O. The Kier molecular flexibility index (Phi) is 20.1. The lowest BCUT2D eigenvalue weighted by molar-refractivity contribution is -0.148. The van der Waals surface area contributed by atoms with E-state index in [9.17, 15) is 54.0 Å². The molecule has 0 unspecified atom stereocenters. The third kappa shape index (κ3) is 18.3. The molecule has 1 saturated heterocycles. The van der Waals surface area contributed by atoms with E-state index in [1.54, 1.807) is 34.1 Å². The van der Waals surface area contributed by atoms with Gasteiger partial charge in [0.2, 0.25) is 11.8 Å². The molecule has 1 fully saturated rings. The van der Waals surface area contributed by atoms with Crippen LogP contribution in [0.25, 0.3) is 0 Å².